The van der Waals surface area contributed by atoms with Crippen molar-refractivity contribution in [1.29, 1.82) is 0 Å². The van der Waals surface area contributed by atoms with Crippen molar-refractivity contribution < 1.29 is 8.78 Å². The lowest BCUT2D eigenvalue weighted by molar-refractivity contribution is 0.453. The monoisotopic (exact) mass is 282 g/mol. The second kappa shape index (κ2) is 7.02. The fourth-order valence-electron chi connectivity index (χ4n) is 2.82. The van der Waals surface area contributed by atoms with Crippen LogP contribution in [0, 0.1) is 18.6 Å². The number of benzene rings is 1. The van der Waals surface area contributed by atoms with Crippen molar-refractivity contribution in [2.45, 2.75) is 58.0 Å². The molecule has 20 heavy (non-hydrogen) atoms. The van der Waals surface area contributed by atoms with E-state index in [-0.39, 0.29) is 11.7 Å². The van der Waals surface area contributed by atoms with E-state index in [2.05, 4.69) is 10.6 Å². The molecule has 1 heterocycles. The Hall–Kier alpha value is -1.16. The summed E-state index contributed by atoms with van der Waals surface area (Å²) in [5.41, 5.74) is 0.472. The van der Waals surface area contributed by atoms with Crippen molar-refractivity contribution in [3.63, 3.8) is 0 Å². The molecule has 2 unspecified atom stereocenters. The summed E-state index contributed by atoms with van der Waals surface area (Å²) < 4.78 is 27.7. The number of nitrogens with one attached hydrogen (secondary N) is 2. The molecule has 0 bridgehead atoms. The molecule has 1 aliphatic rings. The Labute approximate surface area is 120 Å². The van der Waals surface area contributed by atoms with E-state index in [0.717, 1.165) is 19.4 Å². The Bertz CT molecular complexity index is 440. The lowest BCUT2D eigenvalue weighted by atomic mass is 10.0. The molecule has 2 atom stereocenters. The van der Waals surface area contributed by atoms with Gasteiger partial charge in [-0.1, -0.05) is 18.9 Å². The molecule has 0 amide bonds. The second-order valence-corrected chi connectivity index (χ2v) is 5.83. The predicted octanol–water partition coefficient (Wildman–Crippen LogP) is 4.00. The first-order chi connectivity index (χ1) is 9.58. The van der Waals surface area contributed by atoms with Gasteiger partial charge in [-0.15, -0.1) is 0 Å². The maximum atomic E-state index is 13.9. The highest BCUT2D eigenvalue weighted by Gasteiger charge is 2.18. The van der Waals surface area contributed by atoms with E-state index in [9.17, 15) is 8.78 Å². The molecular formula is C16H24F2N2. The standard InChI is InChI=1S/C16H24F2N2/c1-11-7-8-14(17)16(15(11)18)20-12(2)10-13-6-4-3-5-9-19-13/h7-8,12-13,19-20H,3-6,9-10H2,1-2H3. The summed E-state index contributed by atoms with van der Waals surface area (Å²) in [6, 6.07) is 3.26. The molecule has 2 nitrogen and oxygen atoms in total. The highest BCUT2D eigenvalue weighted by molar-refractivity contribution is 5.49. The van der Waals surface area contributed by atoms with Crippen LogP contribution in [0.2, 0.25) is 0 Å². The largest absolute Gasteiger partial charge is 0.378 e. The Morgan fingerprint density at radius 3 is 2.90 bits per heavy atom. The summed E-state index contributed by atoms with van der Waals surface area (Å²) in [4.78, 5) is 0. The van der Waals surface area contributed by atoms with Gasteiger partial charge in [0.05, 0.1) is 0 Å². The summed E-state index contributed by atoms with van der Waals surface area (Å²) in [7, 11) is 0. The van der Waals surface area contributed by atoms with Crippen LogP contribution >= 0.6 is 0 Å². The van der Waals surface area contributed by atoms with E-state index in [1.54, 1.807) is 6.92 Å². The summed E-state index contributed by atoms with van der Waals surface area (Å²) >= 11 is 0. The highest BCUT2D eigenvalue weighted by atomic mass is 19.1. The van der Waals surface area contributed by atoms with Crippen molar-refractivity contribution in [2.75, 3.05) is 11.9 Å². The predicted molar refractivity (Wildman–Crippen MR) is 79.1 cm³/mol. The summed E-state index contributed by atoms with van der Waals surface area (Å²) in [6.07, 6.45) is 5.75. The van der Waals surface area contributed by atoms with E-state index in [4.69, 9.17) is 0 Å². The van der Waals surface area contributed by atoms with Gasteiger partial charge in [-0.05, 0) is 51.3 Å². The van der Waals surface area contributed by atoms with E-state index < -0.39 is 11.6 Å². The van der Waals surface area contributed by atoms with Gasteiger partial charge >= 0.3 is 0 Å². The van der Waals surface area contributed by atoms with Gasteiger partial charge in [-0.2, -0.15) is 0 Å². The number of halogens is 2. The molecule has 1 aliphatic heterocycles. The number of rotatable bonds is 4. The van der Waals surface area contributed by atoms with Gasteiger partial charge in [-0.3, -0.25) is 0 Å². The minimum Gasteiger partial charge on any atom is -0.378 e. The summed E-state index contributed by atoms with van der Waals surface area (Å²) in [5, 5.41) is 6.51. The first kappa shape index (κ1) is 15.2. The molecule has 2 N–H and O–H groups in total. The van der Waals surface area contributed by atoms with E-state index in [0.29, 0.717) is 11.6 Å². The zero-order chi connectivity index (χ0) is 14.5. The lowest BCUT2D eigenvalue weighted by Gasteiger charge is -2.23. The highest BCUT2D eigenvalue weighted by Crippen LogP contribution is 2.23. The van der Waals surface area contributed by atoms with Gasteiger partial charge < -0.3 is 10.6 Å². The van der Waals surface area contributed by atoms with E-state index >= 15 is 0 Å². The van der Waals surface area contributed by atoms with Crippen LogP contribution in [-0.2, 0) is 0 Å². The Morgan fingerprint density at radius 2 is 2.10 bits per heavy atom. The van der Waals surface area contributed by atoms with Crippen LogP contribution in [0.4, 0.5) is 14.5 Å². The maximum absolute atomic E-state index is 13.9. The van der Waals surface area contributed by atoms with Crippen LogP contribution < -0.4 is 10.6 Å². The zero-order valence-electron chi connectivity index (χ0n) is 12.3. The van der Waals surface area contributed by atoms with Crippen LogP contribution in [0.25, 0.3) is 0 Å². The minimum atomic E-state index is -0.520. The number of anilines is 1. The number of aryl methyl sites for hydroxylation is 1. The van der Waals surface area contributed by atoms with Crippen molar-refractivity contribution in [2.24, 2.45) is 0 Å². The Morgan fingerprint density at radius 1 is 1.30 bits per heavy atom. The van der Waals surface area contributed by atoms with Gasteiger partial charge in [-0.25, -0.2) is 8.78 Å². The molecule has 1 saturated heterocycles. The molecule has 1 aromatic carbocycles. The molecule has 0 saturated carbocycles. The van der Waals surface area contributed by atoms with E-state index in [1.807, 2.05) is 6.92 Å². The summed E-state index contributed by atoms with van der Waals surface area (Å²) in [5.74, 6) is -1.00. The van der Waals surface area contributed by atoms with Crippen LogP contribution in [0.15, 0.2) is 12.1 Å². The SMILES string of the molecule is Cc1ccc(F)c(NC(C)CC2CCCCCN2)c1F. The van der Waals surface area contributed by atoms with E-state index in [1.165, 1.54) is 31.4 Å². The van der Waals surface area contributed by atoms with Crippen LogP contribution in [0.3, 0.4) is 0 Å². The average Bonchev–Trinajstić information content (AvgIpc) is 2.68. The van der Waals surface area contributed by atoms with Gasteiger partial charge in [0.15, 0.2) is 5.82 Å². The van der Waals surface area contributed by atoms with Crippen molar-refractivity contribution in [1.82, 2.24) is 5.32 Å². The first-order valence-electron chi connectivity index (χ1n) is 7.52. The smallest absolute Gasteiger partial charge is 0.152 e. The third-order valence-corrected chi connectivity index (χ3v) is 3.98. The Balaban J connectivity index is 1.97. The van der Waals surface area contributed by atoms with Crippen LogP contribution in [-0.4, -0.2) is 18.6 Å². The third-order valence-electron chi connectivity index (χ3n) is 3.98. The molecule has 1 fully saturated rings. The van der Waals surface area contributed by atoms with Crippen LogP contribution in [0.1, 0.15) is 44.6 Å². The second-order valence-electron chi connectivity index (χ2n) is 5.83. The third kappa shape index (κ3) is 3.92. The quantitative estimate of drug-likeness (QED) is 0.872. The van der Waals surface area contributed by atoms with Crippen molar-refractivity contribution in [3.8, 4) is 0 Å². The molecule has 4 heteroatoms. The number of hydrogen-bond donors (Lipinski definition) is 2. The van der Waals surface area contributed by atoms with Gasteiger partial charge in [0.25, 0.3) is 0 Å². The fraction of sp³-hybridized carbons (Fsp3) is 0.625. The maximum Gasteiger partial charge on any atom is 0.152 e. The topological polar surface area (TPSA) is 24.1 Å². The van der Waals surface area contributed by atoms with Gasteiger partial charge in [0.2, 0.25) is 0 Å². The molecular weight excluding hydrogens is 258 g/mol. The summed E-state index contributed by atoms with van der Waals surface area (Å²) in [6.45, 7) is 4.68. The van der Waals surface area contributed by atoms with Crippen molar-refractivity contribution >= 4 is 5.69 Å². The average molecular weight is 282 g/mol. The van der Waals surface area contributed by atoms with Crippen LogP contribution in [0.5, 0.6) is 0 Å². The molecule has 1 aromatic rings. The molecule has 0 radical (unpaired) electrons. The molecule has 2 rings (SSSR count). The van der Waals surface area contributed by atoms with Gasteiger partial charge in [0, 0.05) is 12.1 Å². The zero-order valence-corrected chi connectivity index (χ0v) is 12.3. The number of hydrogen-bond acceptors (Lipinski definition) is 2. The Kier molecular flexibility index (Phi) is 5.35. The molecule has 0 aromatic heterocycles. The molecule has 0 aliphatic carbocycles. The minimum absolute atomic E-state index is 0.00567. The lowest BCUT2D eigenvalue weighted by Crippen LogP contribution is -2.33. The van der Waals surface area contributed by atoms with Gasteiger partial charge in [0.1, 0.15) is 11.5 Å². The fourth-order valence-corrected chi connectivity index (χ4v) is 2.82. The normalized spacial score (nSPS) is 21.3. The molecule has 0 spiro atoms. The van der Waals surface area contributed by atoms with Crippen molar-refractivity contribution in [3.05, 3.63) is 29.3 Å². The first-order valence-corrected chi connectivity index (χ1v) is 7.52. The molecule has 112 valence electrons.